The minimum Gasteiger partial charge on any atom is -0.457 e. The maximum absolute atomic E-state index is 12.9. The van der Waals surface area contributed by atoms with Gasteiger partial charge in [-0.2, -0.15) is 0 Å². The van der Waals surface area contributed by atoms with Crippen molar-refractivity contribution in [3.05, 3.63) is 102 Å². The van der Waals surface area contributed by atoms with Crippen molar-refractivity contribution in [2.75, 3.05) is 11.9 Å². The van der Waals surface area contributed by atoms with E-state index in [-0.39, 0.29) is 30.7 Å². The van der Waals surface area contributed by atoms with Gasteiger partial charge in [0.15, 0.2) is 0 Å². The summed E-state index contributed by atoms with van der Waals surface area (Å²) in [4.78, 5) is 39.5. The SMILES string of the molecule is O=C(CCCN1C(=O)c2cccc3cccc(c23)C1=O)Nc1ccc(Oc2ccccc2)cc1. The van der Waals surface area contributed by atoms with Gasteiger partial charge < -0.3 is 10.1 Å². The summed E-state index contributed by atoms with van der Waals surface area (Å²) in [6.45, 7) is 0.180. The van der Waals surface area contributed by atoms with E-state index in [2.05, 4.69) is 5.32 Å². The molecule has 5 rings (SSSR count). The zero-order valence-electron chi connectivity index (χ0n) is 18.4. The number of carbonyl (C=O) groups excluding carboxylic acids is 3. The first-order valence-corrected chi connectivity index (χ1v) is 11.1. The van der Waals surface area contributed by atoms with Crippen molar-refractivity contribution in [2.45, 2.75) is 12.8 Å². The zero-order chi connectivity index (χ0) is 23.5. The first kappa shape index (κ1) is 21.4. The molecule has 168 valence electrons. The maximum atomic E-state index is 12.9. The minimum absolute atomic E-state index is 0.180. The normalized spacial score (nSPS) is 12.6. The quantitative estimate of drug-likeness (QED) is 0.369. The van der Waals surface area contributed by atoms with Crippen LogP contribution in [-0.2, 0) is 4.79 Å². The number of imide groups is 1. The Labute approximate surface area is 196 Å². The number of nitrogens with zero attached hydrogens (tertiary/aromatic N) is 1. The van der Waals surface area contributed by atoms with E-state index in [1.165, 1.54) is 4.90 Å². The number of anilines is 1. The standard InChI is InChI=1S/C28H22N2O4/c31-25(29-20-14-16-22(17-15-20)34-21-9-2-1-3-10-21)13-6-18-30-27(32)23-11-4-7-19-8-5-12-24(26(19)23)28(30)33/h1-5,7-12,14-17H,6,13,18H2,(H,29,31). The van der Waals surface area contributed by atoms with Crippen LogP contribution in [0, 0.1) is 0 Å². The molecule has 34 heavy (non-hydrogen) atoms. The van der Waals surface area contributed by atoms with Crippen LogP contribution in [0.5, 0.6) is 11.5 Å². The number of carbonyl (C=O) groups is 3. The molecule has 1 N–H and O–H groups in total. The highest BCUT2D eigenvalue weighted by molar-refractivity contribution is 6.25. The fourth-order valence-corrected chi connectivity index (χ4v) is 4.14. The van der Waals surface area contributed by atoms with E-state index in [9.17, 15) is 14.4 Å². The number of ether oxygens (including phenoxy) is 1. The topological polar surface area (TPSA) is 75.7 Å². The number of rotatable bonds is 7. The molecule has 0 spiro atoms. The van der Waals surface area contributed by atoms with Crippen LogP contribution in [0.15, 0.2) is 91.0 Å². The Morgan fingerprint density at radius 3 is 2.00 bits per heavy atom. The second kappa shape index (κ2) is 9.19. The van der Waals surface area contributed by atoms with Crippen molar-refractivity contribution in [1.29, 1.82) is 0 Å². The highest BCUT2D eigenvalue weighted by atomic mass is 16.5. The molecule has 4 aromatic carbocycles. The van der Waals surface area contributed by atoms with Crippen LogP contribution in [-0.4, -0.2) is 29.2 Å². The number of hydrogen-bond acceptors (Lipinski definition) is 4. The van der Waals surface area contributed by atoms with Crippen molar-refractivity contribution in [3.63, 3.8) is 0 Å². The van der Waals surface area contributed by atoms with Gasteiger partial charge in [-0.3, -0.25) is 19.3 Å². The van der Waals surface area contributed by atoms with E-state index in [0.717, 1.165) is 11.1 Å². The summed E-state index contributed by atoms with van der Waals surface area (Å²) in [5.41, 5.74) is 1.70. The van der Waals surface area contributed by atoms with E-state index in [0.29, 0.717) is 34.4 Å². The largest absolute Gasteiger partial charge is 0.457 e. The van der Waals surface area contributed by atoms with Crippen molar-refractivity contribution in [3.8, 4) is 11.5 Å². The van der Waals surface area contributed by atoms with E-state index < -0.39 is 0 Å². The first-order valence-electron chi connectivity index (χ1n) is 11.1. The van der Waals surface area contributed by atoms with E-state index in [1.807, 2.05) is 54.6 Å². The van der Waals surface area contributed by atoms with Crippen molar-refractivity contribution in [2.24, 2.45) is 0 Å². The second-order valence-corrected chi connectivity index (χ2v) is 8.06. The average molecular weight is 450 g/mol. The van der Waals surface area contributed by atoms with Gasteiger partial charge in [-0.25, -0.2) is 0 Å². The Kier molecular flexibility index (Phi) is 5.79. The van der Waals surface area contributed by atoms with Crippen molar-refractivity contribution in [1.82, 2.24) is 4.90 Å². The van der Waals surface area contributed by atoms with Crippen molar-refractivity contribution < 1.29 is 19.1 Å². The summed E-state index contributed by atoms with van der Waals surface area (Å²) >= 11 is 0. The summed E-state index contributed by atoms with van der Waals surface area (Å²) in [7, 11) is 0. The molecule has 0 aliphatic carbocycles. The molecule has 1 heterocycles. The molecule has 1 aliphatic heterocycles. The third-order valence-electron chi connectivity index (χ3n) is 5.76. The summed E-state index contributed by atoms with van der Waals surface area (Å²) < 4.78 is 5.75. The molecule has 1 aliphatic rings. The summed E-state index contributed by atoms with van der Waals surface area (Å²) in [5.74, 6) is 0.588. The van der Waals surface area contributed by atoms with Gasteiger partial charge in [-0.15, -0.1) is 0 Å². The van der Waals surface area contributed by atoms with E-state index >= 15 is 0 Å². The molecular formula is C28H22N2O4. The lowest BCUT2D eigenvalue weighted by Gasteiger charge is -2.27. The number of hydrogen-bond donors (Lipinski definition) is 1. The summed E-state index contributed by atoms with van der Waals surface area (Å²) in [6, 6.07) is 27.5. The van der Waals surface area contributed by atoms with Crippen LogP contribution < -0.4 is 10.1 Å². The minimum atomic E-state index is -0.316. The molecular weight excluding hydrogens is 428 g/mol. The highest BCUT2D eigenvalue weighted by Gasteiger charge is 2.32. The lowest BCUT2D eigenvalue weighted by atomic mass is 9.94. The smallest absolute Gasteiger partial charge is 0.261 e. The lowest BCUT2D eigenvalue weighted by molar-refractivity contribution is -0.116. The molecule has 6 heteroatoms. The number of nitrogens with one attached hydrogen (secondary N) is 1. The Morgan fingerprint density at radius 2 is 1.35 bits per heavy atom. The molecule has 0 aromatic heterocycles. The van der Waals surface area contributed by atoms with E-state index in [1.54, 1.807) is 36.4 Å². The van der Waals surface area contributed by atoms with Gasteiger partial charge in [0, 0.05) is 35.2 Å². The maximum Gasteiger partial charge on any atom is 0.261 e. The molecule has 0 radical (unpaired) electrons. The third-order valence-corrected chi connectivity index (χ3v) is 5.76. The van der Waals surface area contributed by atoms with Crippen LogP contribution in [0.25, 0.3) is 10.8 Å². The Balaban J connectivity index is 1.17. The predicted octanol–water partition coefficient (Wildman–Crippen LogP) is 5.65. The van der Waals surface area contributed by atoms with Crippen LogP contribution in [0.2, 0.25) is 0 Å². The van der Waals surface area contributed by atoms with E-state index in [4.69, 9.17) is 4.74 Å². The Bertz CT molecular complexity index is 1330. The van der Waals surface area contributed by atoms with Crippen LogP contribution in [0.1, 0.15) is 33.6 Å². The second-order valence-electron chi connectivity index (χ2n) is 8.06. The zero-order valence-corrected chi connectivity index (χ0v) is 18.4. The van der Waals surface area contributed by atoms with Crippen LogP contribution in [0.3, 0.4) is 0 Å². The Morgan fingerprint density at radius 1 is 0.735 bits per heavy atom. The van der Waals surface area contributed by atoms with Crippen molar-refractivity contribution >= 4 is 34.2 Å². The number of benzene rings is 4. The van der Waals surface area contributed by atoms with Gasteiger partial charge in [0.1, 0.15) is 11.5 Å². The van der Waals surface area contributed by atoms with Gasteiger partial charge >= 0.3 is 0 Å². The number of para-hydroxylation sites is 1. The fraction of sp³-hybridized carbons (Fsp3) is 0.107. The predicted molar refractivity (Wildman–Crippen MR) is 130 cm³/mol. The summed E-state index contributed by atoms with van der Waals surface area (Å²) in [5, 5.41) is 4.42. The molecule has 3 amide bonds. The van der Waals surface area contributed by atoms with Gasteiger partial charge in [0.05, 0.1) is 0 Å². The number of amides is 3. The monoisotopic (exact) mass is 450 g/mol. The average Bonchev–Trinajstić information content (AvgIpc) is 2.86. The molecule has 0 fully saturated rings. The molecule has 0 atom stereocenters. The molecule has 0 saturated heterocycles. The highest BCUT2D eigenvalue weighted by Crippen LogP contribution is 2.30. The van der Waals surface area contributed by atoms with Gasteiger partial charge in [0.25, 0.3) is 11.8 Å². The first-order chi connectivity index (χ1) is 16.6. The van der Waals surface area contributed by atoms with Gasteiger partial charge in [-0.05, 0) is 60.3 Å². The summed E-state index contributed by atoms with van der Waals surface area (Å²) in [6.07, 6.45) is 0.557. The van der Waals surface area contributed by atoms with Gasteiger partial charge in [-0.1, -0.05) is 42.5 Å². The fourth-order valence-electron chi connectivity index (χ4n) is 4.14. The van der Waals surface area contributed by atoms with Crippen LogP contribution >= 0.6 is 0 Å². The third kappa shape index (κ3) is 4.26. The molecule has 0 unspecified atom stereocenters. The molecule has 4 aromatic rings. The lowest BCUT2D eigenvalue weighted by Crippen LogP contribution is -2.41. The van der Waals surface area contributed by atoms with Gasteiger partial charge in [0.2, 0.25) is 5.91 Å². The molecule has 6 nitrogen and oxygen atoms in total. The molecule has 0 bridgehead atoms. The van der Waals surface area contributed by atoms with Crippen LogP contribution in [0.4, 0.5) is 5.69 Å². The Hall–Kier alpha value is -4.45. The molecule has 0 saturated carbocycles.